The third kappa shape index (κ3) is 4.23. The monoisotopic (exact) mass is 302 g/mol. The van der Waals surface area contributed by atoms with E-state index >= 15 is 0 Å². The zero-order valence-electron chi connectivity index (χ0n) is 12.5. The molecular weight excluding hydrogens is 284 g/mol. The highest BCUT2D eigenvalue weighted by Crippen LogP contribution is 2.27. The third-order valence-electron chi connectivity index (χ3n) is 3.21. The highest BCUT2D eigenvalue weighted by atomic mass is 35.5. The fraction of sp³-hybridized carbons (Fsp3) is 0.235. The SMILES string of the molecule is Cc1cccc(CNC(=O)Nc2c(C)cc(C)cc2Cl)c1. The molecule has 0 aromatic heterocycles. The number of nitrogens with one attached hydrogen (secondary N) is 2. The van der Waals surface area contributed by atoms with Gasteiger partial charge in [-0.3, -0.25) is 0 Å². The highest BCUT2D eigenvalue weighted by molar-refractivity contribution is 6.34. The lowest BCUT2D eigenvalue weighted by Gasteiger charge is -2.12. The van der Waals surface area contributed by atoms with Crippen molar-refractivity contribution in [1.82, 2.24) is 5.32 Å². The zero-order valence-corrected chi connectivity index (χ0v) is 13.2. The van der Waals surface area contributed by atoms with Crippen molar-refractivity contribution in [1.29, 1.82) is 0 Å². The Morgan fingerprint density at radius 1 is 1.10 bits per heavy atom. The Hall–Kier alpha value is -2.00. The summed E-state index contributed by atoms with van der Waals surface area (Å²) in [6.45, 7) is 6.41. The van der Waals surface area contributed by atoms with Crippen molar-refractivity contribution in [2.75, 3.05) is 5.32 Å². The predicted octanol–water partition coefficient (Wildman–Crippen LogP) is 4.59. The molecule has 2 N–H and O–H groups in total. The van der Waals surface area contributed by atoms with E-state index in [4.69, 9.17) is 11.6 Å². The molecule has 0 saturated carbocycles. The Morgan fingerprint density at radius 2 is 1.86 bits per heavy atom. The van der Waals surface area contributed by atoms with Crippen molar-refractivity contribution in [2.45, 2.75) is 27.3 Å². The van der Waals surface area contributed by atoms with Gasteiger partial charge in [-0.15, -0.1) is 0 Å². The molecule has 0 unspecified atom stereocenters. The number of hydrogen-bond acceptors (Lipinski definition) is 1. The Kier molecular flexibility index (Phi) is 4.86. The van der Waals surface area contributed by atoms with Crippen LogP contribution in [0.5, 0.6) is 0 Å². The molecule has 0 fully saturated rings. The van der Waals surface area contributed by atoms with E-state index in [9.17, 15) is 4.79 Å². The molecule has 0 atom stereocenters. The van der Waals surface area contributed by atoms with Crippen LogP contribution in [0, 0.1) is 20.8 Å². The minimum atomic E-state index is -0.259. The van der Waals surface area contributed by atoms with E-state index < -0.39 is 0 Å². The van der Waals surface area contributed by atoms with Gasteiger partial charge < -0.3 is 10.6 Å². The number of amides is 2. The van der Waals surface area contributed by atoms with Crippen molar-refractivity contribution < 1.29 is 4.79 Å². The van der Waals surface area contributed by atoms with Gasteiger partial charge in [-0.05, 0) is 43.5 Å². The molecule has 0 aliphatic carbocycles. The van der Waals surface area contributed by atoms with Gasteiger partial charge in [0.05, 0.1) is 10.7 Å². The molecule has 3 nitrogen and oxygen atoms in total. The molecule has 2 rings (SSSR count). The van der Waals surface area contributed by atoms with Crippen LogP contribution in [0.4, 0.5) is 10.5 Å². The number of halogens is 1. The topological polar surface area (TPSA) is 41.1 Å². The summed E-state index contributed by atoms with van der Waals surface area (Å²) in [5.41, 5.74) is 4.92. The molecule has 2 aromatic rings. The van der Waals surface area contributed by atoms with Crippen molar-refractivity contribution in [2.24, 2.45) is 0 Å². The second kappa shape index (κ2) is 6.64. The third-order valence-corrected chi connectivity index (χ3v) is 3.50. The molecular formula is C17H19ClN2O. The number of carbonyl (C=O) groups excluding carboxylic acids is 1. The van der Waals surface area contributed by atoms with Crippen LogP contribution in [0.2, 0.25) is 5.02 Å². The van der Waals surface area contributed by atoms with E-state index in [0.717, 1.165) is 16.7 Å². The molecule has 0 saturated heterocycles. The van der Waals surface area contributed by atoms with Crippen LogP contribution in [0.15, 0.2) is 36.4 Å². The molecule has 2 aromatic carbocycles. The Balaban J connectivity index is 1.99. The molecule has 0 spiro atoms. The summed E-state index contributed by atoms with van der Waals surface area (Å²) in [4.78, 5) is 12.0. The van der Waals surface area contributed by atoms with Crippen LogP contribution in [-0.2, 0) is 6.54 Å². The van der Waals surface area contributed by atoms with Gasteiger partial charge >= 0.3 is 6.03 Å². The maximum absolute atomic E-state index is 12.0. The standard InChI is InChI=1S/C17H19ClN2O/c1-11-5-4-6-14(8-11)10-19-17(21)20-16-13(3)7-12(2)9-15(16)18/h4-9H,10H2,1-3H3,(H2,19,20,21). The van der Waals surface area contributed by atoms with E-state index in [0.29, 0.717) is 17.3 Å². The van der Waals surface area contributed by atoms with Crippen LogP contribution >= 0.6 is 11.6 Å². The van der Waals surface area contributed by atoms with Gasteiger partial charge in [0.15, 0.2) is 0 Å². The summed E-state index contributed by atoms with van der Waals surface area (Å²) in [7, 11) is 0. The number of rotatable bonds is 3. The zero-order chi connectivity index (χ0) is 15.4. The lowest BCUT2D eigenvalue weighted by atomic mass is 10.1. The first-order chi connectivity index (χ1) is 9.95. The Bertz CT molecular complexity index is 645. The van der Waals surface area contributed by atoms with E-state index in [-0.39, 0.29) is 6.03 Å². The highest BCUT2D eigenvalue weighted by Gasteiger charge is 2.09. The summed E-state index contributed by atoms with van der Waals surface area (Å²) in [5.74, 6) is 0. The maximum Gasteiger partial charge on any atom is 0.319 e. The van der Waals surface area contributed by atoms with Gasteiger partial charge in [-0.2, -0.15) is 0 Å². The van der Waals surface area contributed by atoms with Gasteiger partial charge in [0.2, 0.25) is 0 Å². The smallest absolute Gasteiger partial charge is 0.319 e. The minimum absolute atomic E-state index is 0.259. The normalized spacial score (nSPS) is 10.3. The van der Waals surface area contributed by atoms with Crippen LogP contribution in [-0.4, -0.2) is 6.03 Å². The molecule has 0 aliphatic rings. The predicted molar refractivity (Wildman–Crippen MR) is 88.0 cm³/mol. The second-order valence-electron chi connectivity index (χ2n) is 5.24. The summed E-state index contributed by atoms with van der Waals surface area (Å²) in [6.07, 6.45) is 0. The lowest BCUT2D eigenvalue weighted by molar-refractivity contribution is 0.251. The minimum Gasteiger partial charge on any atom is -0.334 e. The molecule has 21 heavy (non-hydrogen) atoms. The largest absolute Gasteiger partial charge is 0.334 e. The fourth-order valence-corrected chi connectivity index (χ4v) is 2.60. The van der Waals surface area contributed by atoms with Gasteiger partial charge in [0.25, 0.3) is 0 Å². The quantitative estimate of drug-likeness (QED) is 0.855. The van der Waals surface area contributed by atoms with Gasteiger partial charge in [0.1, 0.15) is 0 Å². The number of hydrogen-bond donors (Lipinski definition) is 2. The van der Waals surface area contributed by atoms with E-state index in [1.807, 2.05) is 57.2 Å². The number of benzene rings is 2. The number of carbonyl (C=O) groups is 1. The fourth-order valence-electron chi connectivity index (χ4n) is 2.24. The average Bonchev–Trinajstić information content (AvgIpc) is 2.40. The summed E-state index contributed by atoms with van der Waals surface area (Å²) in [6, 6.07) is 11.6. The number of anilines is 1. The van der Waals surface area contributed by atoms with E-state index in [1.54, 1.807) is 0 Å². The summed E-state index contributed by atoms with van der Waals surface area (Å²) < 4.78 is 0. The second-order valence-corrected chi connectivity index (χ2v) is 5.64. The van der Waals surface area contributed by atoms with E-state index in [2.05, 4.69) is 10.6 Å². The Labute approximate surface area is 130 Å². The van der Waals surface area contributed by atoms with Crippen LogP contribution in [0.3, 0.4) is 0 Å². The van der Waals surface area contributed by atoms with Crippen LogP contribution in [0.25, 0.3) is 0 Å². The molecule has 0 radical (unpaired) electrons. The molecule has 110 valence electrons. The summed E-state index contributed by atoms with van der Waals surface area (Å²) >= 11 is 6.17. The van der Waals surface area contributed by atoms with E-state index in [1.165, 1.54) is 5.56 Å². The molecule has 0 aliphatic heterocycles. The van der Waals surface area contributed by atoms with Crippen LogP contribution in [0.1, 0.15) is 22.3 Å². The van der Waals surface area contributed by atoms with Gasteiger partial charge in [-0.25, -0.2) is 4.79 Å². The first-order valence-corrected chi connectivity index (χ1v) is 7.20. The molecule has 2 amide bonds. The number of urea groups is 1. The van der Waals surface area contributed by atoms with Crippen molar-refractivity contribution in [3.05, 3.63) is 63.7 Å². The lowest BCUT2D eigenvalue weighted by Crippen LogP contribution is -2.28. The maximum atomic E-state index is 12.0. The van der Waals surface area contributed by atoms with Crippen molar-refractivity contribution in [3.63, 3.8) is 0 Å². The van der Waals surface area contributed by atoms with Crippen molar-refractivity contribution >= 4 is 23.3 Å². The number of aryl methyl sites for hydroxylation is 3. The van der Waals surface area contributed by atoms with Gasteiger partial charge in [0, 0.05) is 6.54 Å². The first kappa shape index (κ1) is 15.4. The average molecular weight is 303 g/mol. The molecule has 0 bridgehead atoms. The molecule has 0 heterocycles. The summed E-state index contributed by atoms with van der Waals surface area (Å²) in [5, 5.41) is 6.20. The Morgan fingerprint density at radius 3 is 2.52 bits per heavy atom. The van der Waals surface area contributed by atoms with Gasteiger partial charge in [-0.1, -0.05) is 47.5 Å². The molecule has 4 heteroatoms. The van der Waals surface area contributed by atoms with Crippen LogP contribution < -0.4 is 10.6 Å². The first-order valence-electron chi connectivity index (χ1n) is 6.83. The van der Waals surface area contributed by atoms with Crippen molar-refractivity contribution in [3.8, 4) is 0 Å².